The number of ether oxygens (including phenoxy) is 1. The lowest BCUT2D eigenvalue weighted by atomic mass is 9.60. The number of rotatable bonds is 6. The molecule has 6 heteroatoms. The smallest absolute Gasteiger partial charge is 0.181 e. The van der Waals surface area contributed by atoms with Gasteiger partial charge in [0.1, 0.15) is 17.2 Å². The van der Waals surface area contributed by atoms with Crippen molar-refractivity contribution < 1.29 is 9.53 Å². The van der Waals surface area contributed by atoms with Gasteiger partial charge in [0.25, 0.3) is 0 Å². The molecule has 1 aliphatic carbocycles. The number of Topliss-reactive ketones (excluding diaryl/α,β-unsaturated/α-hetero) is 1. The number of para-hydroxylation sites is 2. The van der Waals surface area contributed by atoms with Gasteiger partial charge < -0.3 is 9.64 Å². The molecule has 3 aromatic rings. The molecule has 0 spiro atoms. The molecule has 2 fully saturated rings. The van der Waals surface area contributed by atoms with Crippen LogP contribution in [0.25, 0.3) is 11.3 Å². The second kappa shape index (κ2) is 7.34. The Kier molecular flexibility index (Phi) is 4.51. The Morgan fingerprint density at radius 1 is 1.23 bits per heavy atom. The number of hydrogen-bond acceptors (Lipinski definition) is 5. The fraction of sp³-hybridized carbons (Fsp3) is 0.292. The van der Waals surface area contributed by atoms with Gasteiger partial charge in [0, 0.05) is 30.5 Å². The van der Waals surface area contributed by atoms with Crippen molar-refractivity contribution in [2.45, 2.75) is 19.3 Å². The topological polar surface area (TPSA) is 82.0 Å². The van der Waals surface area contributed by atoms with Crippen LogP contribution in [-0.2, 0) is 0 Å². The van der Waals surface area contributed by atoms with Crippen LogP contribution in [0, 0.1) is 22.8 Å². The maximum atomic E-state index is 13.0. The van der Waals surface area contributed by atoms with Crippen LogP contribution >= 0.6 is 0 Å². The number of carbonyl (C=O) groups is 1. The quantitative estimate of drug-likeness (QED) is 0.483. The highest BCUT2D eigenvalue weighted by Gasteiger charge is 2.53. The average molecular weight is 398 g/mol. The number of hydrogen-bond donors (Lipinski definition) is 1. The number of H-pyrrole nitrogens is 1. The van der Waals surface area contributed by atoms with E-state index < -0.39 is 0 Å². The third-order valence-corrected chi connectivity index (χ3v) is 6.47. The van der Waals surface area contributed by atoms with Crippen molar-refractivity contribution in [3.8, 4) is 28.9 Å². The standard InChI is InChI=1S/C24H22N4O2/c25-16-28-14-17-10-11-24(17,15-28)13-22(29)21-12-20(26-27-21)19-8-4-5-9-23(19)30-18-6-2-1-3-7-18/h1-9,12,17H,10-11,13-15H2,(H,26,27)/t17-,24-/m0/s1. The predicted molar refractivity (Wildman–Crippen MR) is 112 cm³/mol. The lowest BCUT2D eigenvalue weighted by Crippen LogP contribution is -2.41. The minimum absolute atomic E-state index is 0.0492. The van der Waals surface area contributed by atoms with Gasteiger partial charge in [-0.15, -0.1) is 0 Å². The summed E-state index contributed by atoms with van der Waals surface area (Å²) in [5.74, 6) is 1.94. The van der Waals surface area contributed by atoms with E-state index in [1.54, 1.807) is 11.0 Å². The average Bonchev–Trinajstić information content (AvgIpc) is 3.34. The number of nitrogens with one attached hydrogen (secondary N) is 1. The summed E-state index contributed by atoms with van der Waals surface area (Å²) in [5, 5.41) is 16.5. The Labute approximate surface area is 175 Å². The molecule has 0 radical (unpaired) electrons. The predicted octanol–water partition coefficient (Wildman–Crippen LogP) is 4.63. The summed E-state index contributed by atoms with van der Waals surface area (Å²) in [6, 6.07) is 19.1. The van der Waals surface area contributed by atoms with Gasteiger partial charge in [0.2, 0.25) is 0 Å². The largest absolute Gasteiger partial charge is 0.457 e. The maximum Gasteiger partial charge on any atom is 0.181 e. The maximum absolute atomic E-state index is 13.0. The summed E-state index contributed by atoms with van der Waals surface area (Å²) in [4.78, 5) is 14.8. The van der Waals surface area contributed by atoms with Gasteiger partial charge in [0.05, 0.1) is 5.69 Å². The van der Waals surface area contributed by atoms with Crippen molar-refractivity contribution in [3.63, 3.8) is 0 Å². The highest BCUT2D eigenvalue weighted by Crippen LogP contribution is 2.54. The highest BCUT2D eigenvalue weighted by atomic mass is 16.5. The molecular formula is C24H22N4O2. The Hall–Kier alpha value is -3.59. The molecule has 2 aromatic carbocycles. The van der Waals surface area contributed by atoms with Crippen molar-refractivity contribution in [2.75, 3.05) is 13.1 Å². The third-order valence-electron chi connectivity index (χ3n) is 6.47. The molecule has 2 atom stereocenters. The first-order valence-electron chi connectivity index (χ1n) is 10.2. The first-order chi connectivity index (χ1) is 14.7. The molecule has 0 bridgehead atoms. The SMILES string of the molecule is N#CN1C[C@@H]2CC[C@]2(CC(=O)c2cc(-c3ccccc3Oc3ccccc3)n[nH]2)C1. The summed E-state index contributed by atoms with van der Waals surface area (Å²) >= 11 is 0. The van der Waals surface area contributed by atoms with Crippen LogP contribution < -0.4 is 4.74 Å². The van der Waals surface area contributed by atoms with Crippen LogP contribution in [-0.4, -0.2) is 34.0 Å². The van der Waals surface area contributed by atoms with Crippen LogP contribution in [0.5, 0.6) is 11.5 Å². The second-order valence-electron chi connectivity index (χ2n) is 8.26. The molecule has 2 aliphatic rings. The summed E-state index contributed by atoms with van der Waals surface area (Å²) in [7, 11) is 0. The third kappa shape index (κ3) is 3.22. The van der Waals surface area contributed by atoms with E-state index in [4.69, 9.17) is 4.74 Å². The fourth-order valence-corrected chi connectivity index (χ4v) is 4.73. The van der Waals surface area contributed by atoms with Crippen molar-refractivity contribution in [1.29, 1.82) is 5.26 Å². The number of likely N-dealkylation sites (tertiary alicyclic amines) is 1. The van der Waals surface area contributed by atoms with Crippen LogP contribution in [0.2, 0.25) is 0 Å². The Balaban J connectivity index is 1.35. The van der Waals surface area contributed by atoms with E-state index >= 15 is 0 Å². The molecule has 2 heterocycles. The summed E-state index contributed by atoms with van der Waals surface area (Å²) < 4.78 is 6.03. The molecule has 1 aromatic heterocycles. The highest BCUT2D eigenvalue weighted by molar-refractivity contribution is 5.96. The molecule has 5 rings (SSSR count). The van der Waals surface area contributed by atoms with E-state index in [0.29, 0.717) is 36.0 Å². The number of nitriles is 1. The van der Waals surface area contributed by atoms with Crippen LogP contribution in [0.3, 0.4) is 0 Å². The number of aromatic nitrogens is 2. The number of benzene rings is 2. The number of nitrogens with zero attached hydrogens (tertiary/aromatic N) is 3. The molecule has 0 amide bonds. The summed E-state index contributed by atoms with van der Waals surface area (Å²) in [5.41, 5.74) is 1.97. The molecule has 1 saturated carbocycles. The van der Waals surface area contributed by atoms with Crippen LogP contribution in [0.4, 0.5) is 0 Å². The molecule has 1 aliphatic heterocycles. The zero-order valence-electron chi connectivity index (χ0n) is 16.5. The Morgan fingerprint density at radius 3 is 2.80 bits per heavy atom. The Bertz CT molecular complexity index is 1120. The Morgan fingerprint density at radius 2 is 2.03 bits per heavy atom. The van der Waals surface area contributed by atoms with Crippen LogP contribution in [0.1, 0.15) is 29.8 Å². The molecule has 0 unspecified atom stereocenters. The first-order valence-corrected chi connectivity index (χ1v) is 10.2. The zero-order valence-corrected chi connectivity index (χ0v) is 16.5. The van der Waals surface area contributed by atoms with E-state index in [9.17, 15) is 10.1 Å². The van der Waals surface area contributed by atoms with Crippen LogP contribution in [0.15, 0.2) is 60.7 Å². The van der Waals surface area contributed by atoms with E-state index in [0.717, 1.165) is 30.7 Å². The summed E-state index contributed by atoms with van der Waals surface area (Å²) in [6.07, 6.45) is 4.81. The van der Waals surface area contributed by atoms with Crippen molar-refractivity contribution in [2.24, 2.45) is 11.3 Å². The number of ketones is 1. The molecule has 6 nitrogen and oxygen atoms in total. The van der Waals surface area contributed by atoms with Gasteiger partial charge in [-0.05, 0) is 49.1 Å². The second-order valence-corrected chi connectivity index (χ2v) is 8.26. The van der Waals surface area contributed by atoms with Gasteiger partial charge in [0.15, 0.2) is 12.0 Å². The van der Waals surface area contributed by atoms with Gasteiger partial charge in [-0.25, -0.2) is 0 Å². The van der Waals surface area contributed by atoms with Gasteiger partial charge >= 0.3 is 0 Å². The number of aromatic amines is 1. The van der Waals surface area contributed by atoms with Gasteiger partial charge in [-0.2, -0.15) is 10.4 Å². The first kappa shape index (κ1) is 18.4. The number of carbonyl (C=O) groups excluding carboxylic acids is 1. The summed E-state index contributed by atoms with van der Waals surface area (Å²) in [6.45, 7) is 1.47. The van der Waals surface area contributed by atoms with Gasteiger partial charge in [-0.3, -0.25) is 9.89 Å². The fourth-order valence-electron chi connectivity index (χ4n) is 4.73. The normalized spacial score (nSPS) is 22.1. The van der Waals surface area contributed by atoms with Gasteiger partial charge in [-0.1, -0.05) is 30.3 Å². The molecule has 150 valence electrons. The molecular weight excluding hydrogens is 376 g/mol. The van der Waals surface area contributed by atoms with Crippen molar-refractivity contribution >= 4 is 5.78 Å². The molecule has 1 N–H and O–H groups in total. The zero-order chi connectivity index (χ0) is 20.6. The minimum atomic E-state index is -0.0492. The van der Waals surface area contributed by atoms with E-state index in [1.807, 2.05) is 54.6 Å². The minimum Gasteiger partial charge on any atom is -0.457 e. The molecule has 30 heavy (non-hydrogen) atoms. The van der Waals surface area contributed by atoms with E-state index in [-0.39, 0.29) is 11.2 Å². The number of fused-ring (bicyclic) bond motifs is 1. The molecule has 1 saturated heterocycles. The monoisotopic (exact) mass is 398 g/mol. The van der Waals surface area contributed by atoms with Crippen molar-refractivity contribution in [1.82, 2.24) is 15.1 Å². The van der Waals surface area contributed by atoms with Crippen molar-refractivity contribution in [3.05, 3.63) is 66.4 Å². The lowest BCUT2D eigenvalue weighted by Gasteiger charge is -2.43. The van der Waals surface area contributed by atoms with E-state index in [1.165, 1.54) is 0 Å². The van der Waals surface area contributed by atoms with E-state index in [2.05, 4.69) is 16.4 Å². The lowest BCUT2D eigenvalue weighted by molar-refractivity contribution is 0.0581.